The number of hydrogen-bond donors (Lipinski definition) is 4. The topological polar surface area (TPSA) is 90.2 Å². The van der Waals surface area contributed by atoms with Crippen molar-refractivity contribution in [2.45, 2.75) is 30.7 Å². The van der Waals surface area contributed by atoms with Crippen molar-refractivity contribution < 1.29 is 25.2 Å². The summed E-state index contributed by atoms with van der Waals surface area (Å²) in [6, 6.07) is 0. The molecule has 0 amide bonds. The van der Waals surface area contributed by atoms with Gasteiger partial charge in [-0.2, -0.15) is 0 Å². The molecule has 1 rings (SSSR count). The summed E-state index contributed by atoms with van der Waals surface area (Å²) in [4.78, 5) is 0. The van der Waals surface area contributed by atoms with E-state index in [1.807, 2.05) is 22.6 Å². The SMILES string of the molecule is O[C@H]1[C@@H](O)[C@H](CI)O[C@@H](O)[C@H]1O. The van der Waals surface area contributed by atoms with Gasteiger partial charge in [-0.05, 0) is 0 Å². The largest absolute Gasteiger partial charge is 0.388 e. The van der Waals surface area contributed by atoms with Crippen molar-refractivity contribution in [3.63, 3.8) is 0 Å². The highest BCUT2D eigenvalue weighted by Crippen LogP contribution is 2.20. The Bertz CT molecular complexity index is 150. The highest BCUT2D eigenvalue weighted by molar-refractivity contribution is 14.1. The lowest BCUT2D eigenvalue weighted by molar-refractivity contribution is -0.275. The average molecular weight is 290 g/mol. The maximum Gasteiger partial charge on any atom is 0.183 e. The molecule has 1 heterocycles. The second kappa shape index (κ2) is 4.16. The van der Waals surface area contributed by atoms with Crippen LogP contribution in [0.3, 0.4) is 0 Å². The molecular weight excluding hydrogens is 279 g/mol. The highest BCUT2D eigenvalue weighted by atomic mass is 127. The molecular formula is C6H11IO5. The van der Waals surface area contributed by atoms with Crippen LogP contribution in [0.5, 0.6) is 0 Å². The molecule has 4 N–H and O–H groups in total. The summed E-state index contributed by atoms with van der Waals surface area (Å²) in [5, 5.41) is 36.5. The molecule has 0 aromatic heterocycles. The predicted molar refractivity (Wildman–Crippen MR) is 47.8 cm³/mol. The lowest BCUT2D eigenvalue weighted by Crippen LogP contribution is -2.57. The van der Waals surface area contributed by atoms with E-state index in [2.05, 4.69) is 0 Å². The van der Waals surface area contributed by atoms with E-state index in [0.717, 1.165) is 0 Å². The second-order valence-corrected chi connectivity index (χ2v) is 3.57. The zero-order chi connectivity index (χ0) is 9.30. The van der Waals surface area contributed by atoms with E-state index in [0.29, 0.717) is 4.43 Å². The van der Waals surface area contributed by atoms with Crippen molar-refractivity contribution in [1.82, 2.24) is 0 Å². The first kappa shape index (κ1) is 10.6. The van der Waals surface area contributed by atoms with Crippen LogP contribution in [0.4, 0.5) is 0 Å². The normalized spacial score (nSPS) is 49.2. The molecule has 5 atom stereocenters. The number of aliphatic hydroxyl groups excluding tert-OH is 4. The molecule has 6 heteroatoms. The summed E-state index contributed by atoms with van der Waals surface area (Å²) in [6.45, 7) is 0. The van der Waals surface area contributed by atoms with Gasteiger partial charge in [0.1, 0.15) is 18.3 Å². The van der Waals surface area contributed by atoms with Crippen LogP contribution in [0.25, 0.3) is 0 Å². The number of alkyl halides is 1. The van der Waals surface area contributed by atoms with Gasteiger partial charge in [-0.1, -0.05) is 22.6 Å². The lowest BCUT2D eigenvalue weighted by atomic mass is 10.0. The molecule has 72 valence electrons. The van der Waals surface area contributed by atoms with E-state index >= 15 is 0 Å². The highest BCUT2D eigenvalue weighted by Gasteiger charge is 2.42. The van der Waals surface area contributed by atoms with Crippen LogP contribution < -0.4 is 0 Å². The second-order valence-electron chi connectivity index (χ2n) is 2.69. The van der Waals surface area contributed by atoms with Gasteiger partial charge in [-0.25, -0.2) is 0 Å². The van der Waals surface area contributed by atoms with Gasteiger partial charge in [0.15, 0.2) is 6.29 Å². The summed E-state index contributed by atoms with van der Waals surface area (Å²) < 4.78 is 5.26. The van der Waals surface area contributed by atoms with Crippen molar-refractivity contribution >= 4 is 22.6 Å². The van der Waals surface area contributed by atoms with Crippen LogP contribution in [0.1, 0.15) is 0 Å². The van der Waals surface area contributed by atoms with E-state index in [1.165, 1.54) is 0 Å². The van der Waals surface area contributed by atoms with E-state index in [9.17, 15) is 10.2 Å². The van der Waals surface area contributed by atoms with Gasteiger partial charge in [0, 0.05) is 4.43 Å². The molecule has 0 aromatic carbocycles. The molecule has 1 saturated heterocycles. The van der Waals surface area contributed by atoms with Gasteiger partial charge in [-0.3, -0.25) is 0 Å². The van der Waals surface area contributed by atoms with Crippen LogP contribution in [0, 0.1) is 0 Å². The van der Waals surface area contributed by atoms with Crippen LogP contribution in [0.2, 0.25) is 0 Å². The third kappa shape index (κ3) is 1.88. The number of halogens is 1. The Morgan fingerprint density at radius 3 is 2.08 bits per heavy atom. The first-order valence-electron chi connectivity index (χ1n) is 3.51. The minimum Gasteiger partial charge on any atom is -0.388 e. The fraction of sp³-hybridized carbons (Fsp3) is 1.00. The molecule has 0 bridgehead atoms. The van der Waals surface area contributed by atoms with Crippen molar-refractivity contribution in [1.29, 1.82) is 0 Å². The molecule has 12 heavy (non-hydrogen) atoms. The Labute approximate surface area is 83.1 Å². The van der Waals surface area contributed by atoms with Gasteiger partial charge in [0.05, 0.1) is 6.10 Å². The number of rotatable bonds is 1. The molecule has 0 saturated carbocycles. The third-order valence-electron chi connectivity index (χ3n) is 1.84. The zero-order valence-electron chi connectivity index (χ0n) is 6.17. The van der Waals surface area contributed by atoms with Crippen LogP contribution in [0.15, 0.2) is 0 Å². The van der Waals surface area contributed by atoms with Crippen molar-refractivity contribution in [2.24, 2.45) is 0 Å². The summed E-state index contributed by atoms with van der Waals surface area (Å²) in [7, 11) is 0. The summed E-state index contributed by atoms with van der Waals surface area (Å²) in [5.74, 6) is 0. The van der Waals surface area contributed by atoms with Crippen LogP contribution in [-0.4, -0.2) is 55.6 Å². The van der Waals surface area contributed by atoms with E-state index in [4.69, 9.17) is 14.9 Å². The van der Waals surface area contributed by atoms with Gasteiger partial charge in [0.25, 0.3) is 0 Å². The first-order valence-corrected chi connectivity index (χ1v) is 5.04. The molecule has 0 aromatic rings. The zero-order valence-corrected chi connectivity index (χ0v) is 8.33. The number of hydrogen-bond acceptors (Lipinski definition) is 5. The molecule has 1 aliphatic rings. The third-order valence-corrected chi connectivity index (χ3v) is 2.71. The molecule has 0 spiro atoms. The van der Waals surface area contributed by atoms with Gasteiger partial charge in [0.2, 0.25) is 0 Å². The number of aliphatic hydroxyl groups is 4. The Hall–Kier alpha value is 0.530. The maximum absolute atomic E-state index is 9.27. The van der Waals surface area contributed by atoms with E-state index < -0.39 is 30.7 Å². The Kier molecular flexibility index (Phi) is 3.68. The Morgan fingerprint density at radius 2 is 1.58 bits per heavy atom. The van der Waals surface area contributed by atoms with Crippen molar-refractivity contribution in [2.75, 3.05) is 4.43 Å². The molecule has 0 aliphatic carbocycles. The maximum atomic E-state index is 9.27. The smallest absolute Gasteiger partial charge is 0.183 e. The fourth-order valence-corrected chi connectivity index (χ4v) is 1.79. The van der Waals surface area contributed by atoms with Crippen molar-refractivity contribution in [3.8, 4) is 0 Å². The standard InChI is InChI=1S/C6H11IO5/c7-1-2-3(8)4(9)5(10)6(11)12-2/h2-6,8-11H,1H2/t2-,3-,4-,5-,6+/m0/s1. The minimum atomic E-state index is -1.43. The molecule has 0 unspecified atom stereocenters. The van der Waals surface area contributed by atoms with Gasteiger partial charge < -0.3 is 25.2 Å². The molecule has 5 nitrogen and oxygen atoms in total. The molecule has 0 radical (unpaired) electrons. The summed E-state index contributed by atoms with van der Waals surface area (Å²) in [6.07, 6.45) is -5.95. The molecule has 1 fully saturated rings. The fourth-order valence-electron chi connectivity index (χ4n) is 1.06. The summed E-state index contributed by atoms with van der Waals surface area (Å²) >= 11 is 1.96. The minimum absolute atomic E-state index is 0.444. The molecule has 1 aliphatic heterocycles. The van der Waals surface area contributed by atoms with Gasteiger partial charge >= 0.3 is 0 Å². The first-order chi connectivity index (χ1) is 5.57. The van der Waals surface area contributed by atoms with Crippen LogP contribution >= 0.6 is 22.6 Å². The Balaban J connectivity index is 2.63. The lowest BCUT2D eigenvalue weighted by Gasteiger charge is -2.37. The Morgan fingerprint density at radius 1 is 1.00 bits per heavy atom. The van der Waals surface area contributed by atoms with Gasteiger partial charge in [-0.15, -0.1) is 0 Å². The van der Waals surface area contributed by atoms with E-state index in [1.54, 1.807) is 0 Å². The quantitative estimate of drug-likeness (QED) is 0.339. The predicted octanol–water partition coefficient (Wildman–Crippen LogP) is -1.78. The monoisotopic (exact) mass is 290 g/mol. The van der Waals surface area contributed by atoms with Crippen molar-refractivity contribution in [3.05, 3.63) is 0 Å². The number of ether oxygens (including phenoxy) is 1. The average Bonchev–Trinajstić information content (AvgIpc) is 2.08. The van der Waals surface area contributed by atoms with E-state index in [-0.39, 0.29) is 0 Å². The summed E-state index contributed by atoms with van der Waals surface area (Å²) in [5.41, 5.74) is 0. The van der Waals surface area contributed by atoms with Crippen LogP contribution in [-0.2, 0) is 4.74 Å².